The van der Waals surface area contributed by atoms with Crippen LogP contribution < -0.4 is 5.32 Å². The van der Waals surface area contributed by atoms with Crippen LogP contribution in [0.1, 0.15) is 22.7 Å². The summed E-state index contributed by atoms with van der Waals surface area (Å²) in [5, 5.41) is 3.86. The summed E-state index contributed by atoms with van der Waals surface area (Å²) in [5.41, 5.74) is 2.49. The van der Waals surface area contributed by atoms with Gasteiger partial charge in [0.2, 0.25) is 0 Å². The molecular weight excluding hydrogens is 280 g/mol. The topological polar surface area (TPSA) is 12.0 Å². The molecule has 0 aliphatic carbocycles. The highest BCUT2D eigenvalue weighted by atomic mass is 35.5. The largest absolute Gasteiger partial charge is 0.313 e. The van der Waals surface area contributed by atoms with Gasteiger partial charge >= 0.3 is 0 Å². The third-order valence-electron chi connectivity index (χ3n) is 3.37. The second-order valence-corrected chi connectivity index (χ2v) is 5.20. The van der Waals surface area contributed by atoms with E-state index < -0.39 is 11.6 Å². The van der Waals surface area contributed by atoms with Crippen molar-refractivity contribution in [1.29, 1.82) is 0 Å². The predicted octanol–water partition coefficient (Wildman–Crippen LogP) is 4.43. The Morgan fingerprint density at radius 1 is 1.15 bits per heavy atom. The monoisotopic (exact) mass is 295 g/mol. The lowest BCUT2D eigenvalue weighted by molar-refractivity contribution is 0.540. The first-order valence-electron chi connectivity index (χ1n) is 6.38. The quantitative estimate of drug-likeness (QED) is 0.880. The molecule has 1 nitrogen and oxygen atoms in total. The van der Waals surface area contributed by atoms with E-state index in [-0.39, 0.29) is 6.04 Å². The van der Waals surface area contributed by atoms with Gasteiger partial charge in [-0.05, 0) is 49.2 Å². The van der Waals surface area contributed by atoms with Crippen LogP contribution >= 0.6 is 11.6 Å². The molecule has 0 radical (unpaired) electrons. The van der Waals surface area contributed by atoms with Crippen molar-refractivity contribution >= 4 is 11.6 Å². The van der Waals surface area contributed by atoms with E-state index in [4.69, 9.17) is 11.6 Å². The summed E-state index contributed by atoms with van der Waals surface area (Å²) >= 11 is 6.01. The fourth-order valence-electron chi connectivity index (χ4n) is 2.18. The molecule has 0 aromatic heterocycles. The van der Waals surface area contributed by atoms with Gasteiger partial charge < -0.3 is 5.32 Å². The molecule has 0 bridgehead atoms. The fraction of sp³-hybridized carbons (Fsp3) is 0.250. The summed E-state index contributed by atoms with van der Waals surface area (Å²) in [4.78, 5) is 0. The number of likely N-dealkylation sites (N-methyl/N-ethyl adjacent to an activating group) is 1. The lowest BCUT2D eigenvalue weighted by atomic mass is 9.97. The van der Waals surface area contributed by atoms with Crippen molar-refractivity contribution in [1.82, 2.24) is 5.32 Å². The number of halogens is 3. The Labute approximate surface area is 122 Å². The SMILES string of the molecule is CNC(Cc1ccc(F)cc1F)c1ccc(Cl)c(C)c1. The lowest BCUT2D eigenvalue weighted by Gasteiger charge is -2.18. The number of nitrogens with one attached hydrogen (secondary N) is 1. The average molecular weight is 296 g/mol. The van der Waals surface area contributed by atoms with Crippen LogP contribution in [0, 0.1) is 18.6 Å². The van der Waals surface area contributed by atoms with E-state index in [2.05, 4.69) is 5.32 Å². The minimum absolute atomic E-state index is 0.0501. The van der Waals surface area contributed by atoms with Gasteiger partial charge in [0.15, 0.2) is 0 Å². The average Bonchev–Trinajstić information content (AvgIpc) is 2.41. The molecule has 0 aliphatic heterocycles. The highest BCUT2D eigenvalue weighted by Gasteiger charge is 2.14. The van der Waals surface area contributed by atoms with Crippen molar-refractivity contribution in [3.05, 3.63) is 69.7 Å². The van der Waals surface area contributed by atoms with Gasteiger partial charge in [0.1, 0.15) is 11.6 Å². The Morgan fingerprint density at radius 2 is 1.90 bits per heavy atom. The molecule has 0 heterocycles. The molecule has 1 atom stereocenters. The zero-order valence-corrected chi connectivity index (χ0v) is 12.1. The molecule has 2 aromatic carbocycles. The minimum atomic E-state index is -0.561. The summed E-state index contributed by atoms with van der Waals surface area (Å²) in [7, 11) is 1.82. The van der Waals surface area contributed by atoms with Crippen molar-refractivity contribution in [2.75, 3.05) is 7.05 Å². The third-order valence-corrected chi connectivity index (χ3v) is 3.80. The van der Waals surface area contributed by atoms with Gasteiger partial charge in [-0.3, -0.25) is 0 Å². The molecule has 106 valence electrons. The molecule has 0 fully saturated rings. The van der Waals surface area contributed by atoms with E-state index in [0.717, 1.165) is 17.2 Å². The van der Waals surface area contributed by atoms with E-state index in [0.29, 0.717) is 17.0 Å². The summed E-state index contributed by atoms with van der Waals surface area (Å²) in [5.74, 6) is -1.08. The van der Waals surface area contributed by atoms with Crippen LogP contribution in [0.5, 0.6) is 0 Å². The zero-order chi connectivity index (χ0) is 14.7. The van der Waals surface area contributed by atoms with Crippen molar-refractivity contribution in [2.24, 2.45) is 0 Å². The Balaban J connectivity index is 2.26. The van der Waals surface area contributed by atoms with Crippen molar-refractivity contribution in [3.63, 3.8) is 0 Å². The van der Waals surface area contributed by atoms with E-state index in [1.54, 1.807) is 0 Å². The molecule has 1 N–H and O–H groups in total. The number of hydrogen-bond acceptors (Lipinski definition) is 1. The second kappa shape index (κ2) is 6.33. The molecule has 0 saturated carbocycles. The Hall–Kier alpha value is -1.45. The van der Waals surface area contributed by atoms with Gasteiger partial charge in [0, 0.05) is 17.1 Å². The highest BCUT2D eigenvalue weighted by molar-refractivity contribution is 6.31. The zero-order valence-electron chi connectivity index (χ0n) is 11.4. The van der Waals surface area contributed by atoms with Crippen LogP contribution in [0.25, 0.3) is 0 Å². The van der Waals surface area contributed by atoms with Gasteiger partial charge in [0.05, 0.1) is 0 Å². The van der Waals surface area contributed by atoms with Crippen LogP contribution in [0.15, 0.2) is 36.4 Å². The number of hydrogen-bond donors (Lipinski definition) is 1. The second-order valence-electron chi connectivity index (χ2n) is 4.79. The van der Waals surface area contributed by atoms with Crippen molar-refractivity contribution < 1.29 is 8.78 Å². The standard InChI is InChI=1S/C16H16ClF2N/c1-10-7-12(4-6-14(10)17)16(20-2)8-11-3-5-13(18)9-15(11)19/h3-7,9,16,20H,8H2,1-2H3. The maximum atomic E-state index is 13.7. The van der Waals surface area contributed by atoms with Gasteiger partial charge in [0.25, 0.3) is 0 Å². The summed E-state index contributed by atoms with van der Waals surface area (Å²) < 4.78 is 26.6. The Kier molecular flexibility index (Phi) is 4.73. The molecule has 1 unspecified atom stereocenters. The maximum Gasteiger partial charge on any atom is 0.129 e. The molecule has 2 aromatic rings. The van der Waals surface area contributed by atoms with Gasteiger partial charge in [-0.2, -0.15) is 0 Å². The summed E-state index contributed by atoms with van der Waals surface area (Å²) in [6, 6.07) is 9.34. The first-order valence-corrected chi connectivity index (χ1v) is 6.76. The molecule has 0 aliphatic rings. The van der Waals surface area contributed by atoms with Crippen LogP contribution in [0.2, 0.25) is 5.02 Å². The highest BCUT2D eigenvalue weighted by Crippen LogP contribution is 2.24. The molecular formula is C16H16ClF2N. The smallest absolute Gasteiger partial charge is 0.129 e. The molecule has 2 rings (SSSR count). The predicted molar refractivity (Wildman–Crippen MR) is 78.1 cm³/mol. The molecule has 0 amide bonds. The van der Waals surface area contributed by atoms with E-state index in [1.165, 1.54) is 12.1 Å². The molecule has 4 heteroatoms. The Morgan fingerprint density at radius 3 is 2.50 bits per heavy atom. The minimum Gasteiger partial charge on any atom is -0.313 e. The van der Waals surface area contributed by atoms with E-state index in [9.17, 15) is 8.78 Å². The molecule has 0 spiro atoms. The van der Waals surface area contributed by atoms with Crippen LogP contribution in [-0.4, -0.2) is 7.05 Å². The number of rotatable bonds is 4. The summed E-state index contributed by atoms with van der Waals surface area (Å²) in [6.07, 6.45) is 0.448. The lowest BCUT2D eigenvalue weighted by Crippen LogP contribution is -2.19. The van der Waals surface area contributed by atoms with Gasteiger partial charge in [-0.25, -0.2) is 8.78 Å². The third kappa shape index (κ3) is 3.35. The van der Waals surface area contributed by atoms with E-state index in [1.807, 2.05) is 32.2 Å². The van der Waals surface area contributed by atoms with Crippen molar-refractivity contribution in [2.45, 2.75) is 19.4 Å². The summed E-state index contributed by atoms with van der Waals surface area (Å²) in [6.45, 7) is 1.93. The Bertz CT molecular complexity index is 613. The fourth-order valence-corrected chi connectivity index (χ4v) is 2.30. The van der Waals surface area contributed by atoms with Crippen molar-refractivity contribution in [3.8, 4) is 0 Å². The first-order chi connectivity index (χ1) is 9.51. The van der Waals surface area contributed by atoms with Crippen LogP contribution in [-0.2, 0) is 6.42 Å². The first kappa shape index (κ1) is 14.9. The molecule has 20 heavy (non-hydrogen) atoms. The van der Waals surface area contributed by atoms with E-state index >= 15 is 0 Å². The number of aryl methyl sites for hydroxylation is 1. The van der Waals surface area contributed by atoms with Crippen LogP contribution in [0.3, 0.4) is 0 Å². The van der Waals surface area contributed by atoms with Gasteiger partial charge in [-0.15, -0.1) is 0 Å². The van der Waals surface area contributed by atoms with Gasteiger partial charge in [-0.1, -0.05) is 29.8 Å². The molecule has 0 saturated heterocycles. The van der Waals surface area contributed by atoms with Crippen LogP contribution in [0.4, 0.5) is 8.78 Å². The maximum absolute atomic E-state index is 13.7. The normalized spacial score (nSPS) is 12.4. The number of benzene rings is 2.